The first-order valence-electron chi connectivity index (χ1n) is 14.7. The Kier molecular flexibility index (Phi) is 4.61. The monoisotopic (exact) mass is 469 g/mol. The van der Waals surface area contributed by atoms with Gasteiger partial charge in [-0.3, -0.25) is 9.69 Å². The number of ketones is 1. The largest absolute Gasteiger partial charge is 0.349 e. The maximum absolute atomic E-state index is 14.1. The second-order valence-corrected chi connectivity index (χ2v) is 14.7. The topological polar surface area (TPSA) is 38.8 Å². The van der Waals surface area contributed by atoms with Gasteiger partial charge in [-0.2, -0.15) is 0 Å². The predicted molar refractivity (Wildman–Crippen MR) is 132 cm³/mol. The van der Waals surface area contributed by atoms with E-state index in [-0.39, 0.29) is 6.10 Å². The first-order chi connectivity index (χ1) is 16.1. The van der Waals surface area contributed by atoms with E-state index in [1.54, 1.807) is 0 Å². The highest BCUT2D eigenvalue weighted by Gasteiger charge is 2.79. The van der Waals surface area contributed by atoms with E-state index in [0.717, 1.165) is 49.4 Å². The van der Waals surface area contributed by atoms with Crippen molar-refractivity contribution in [3.63, 3.8) is 0 Å². The molecule has 4 heteroatoms. The Morgan fingerprint density at radius 2 is 1.85 bits per heavy atom. The van der Waals surface area contributed by atoms with E-state index in [2.05, 4.69) is 39.5 Å². The molecule has 0 N–H and O–H groups in total. The van der Waals surface area contributed by atoms with Crippen molar-refractivity contribution in [3.8, 4) is 0 Å². The molecule has 190 valence electrons. The van der Waals surface area contributed by atoms with E-state index in [4.69, 9.17) is 9.47 Å². The van der Waals surface area contributed by atoms with E-state index in [1.807, 2.05) is 0 Å². The van der Waals surface area contributed by atoms with E-state index >= 15 is 0 Å². The van der Waals surface area contributed by atoms with Gasteiger partial charge in [0.2, 0.25) is 0 Å². The van der Waals surface area contributed by atoms with Crippen LogP contribution in [0.25, 0.3) is 0 Å². The van der Waals surface area contributed by atoms with Crippen LogP contribution in [0.15, 0.2) is 0 Å². The molecule has 2 aliphatic carbocycles. The van der Waals surface area contributed by atoms with Crippen LogP contribution in [0, 0.1) is 39.9 Å². The van der Waals surface area contributed by atoms with Gasteiger partial charge in [-0.15, -0.1) is 0 Å². The number of Topliss-reactive ketones (excluding diaryl/α,β-unsaturated/α-hetero) is 1. The summed E-state index contributed by atoms with van der Waals surface area (Å²) in [5, 5.41) is 0. The lowest BCUT2D eigenvalue weighted by Gasteiger charge is -2.67. The quantitative estimate of drug-likeness (QED) is 0.497. The zero-order valence-electron chi connectivity index (χ0n) is 22.3. The van der Waals surface area contributed by atoms with Crippen molar-refractivity contribution in [1.82, 2.24) is 4.90 Å². The van der Waals surface area contributed by atoms with Crippen LogP contribution in [0.3, 0.4) is 0 Å². The lowest BCUT2D eigenvalue weighted by Crippen LogP contribution is -2.68. The molecule has 0 aromatic carbocycles. The van der Waals surface area contributed by atoms with Crippen LogP contribution < -0.4 is 0 Å². The fourth-order valence-corrected chi connectivity index (χ4v) is 11.6. The molecule has 5 heterocycles. The molecule has 1 unspecified atom stereocenters. The number of hydrogen-bond donors (Lipinski definition) is 0. The average molecular weight is 470 g/mol. The summed E-state index contributed by atoms with van der Waals surface area (Å²) >= 11 is 0. The van der Waals surface area contributed by atoms with Gasteiger partial charge in [-0.25, -0.2) is 0 Å². The summed E-state index contributed by atoms with van der Waals surface area (Å²) in [4.78, 5) is 17.2. The van der Waals surface area contributed by atoms with Crippen molar-refractivity contribution in [2.45, 2.75) is 129 Å². The fourth-order valence-electron chi connectivity index (χ4n) is 11.6. The number of carbonyl (C=O) groups is 1. The van der Waals surface area contributed by atoms with Crippen LogP contribution in [-0.4, -0.2) is 47.3 Å². The number of carbonyl (C=O) groups excluding carboxylic acids is 1. The van der Waals surface area contributed by atoms with E-state index in [9.17, 15) is 4.79 Å². The summed E-state index contributed by atoms with van der Waals surface area (Å²) in [7, 11) is 0. The molecular formula is C30H47NO3. The van der Waals surface area contributed by atoms with Crippen LogP contribution in [-0.2, 0) is 14.3 Å². The lowest BCUT2D eigenvalue weighted by molar-refractivity contribution is -0.282. The predicted octanol–water partition coefficient (Wildman–Crippen LogP) is 5.97. The third-order valence-electron chi connectivity index (χ3n) is 13.4. The van der Waals surface area contributed by atoms with Crippen LogP contribution in [0.4, 0.5) is 0 Å². The summed E-state index contributed by atoms with van der Waals surface area (Å²) in [5.74, 6) is 3.11. The van der Waals surface area contributed by atoms with Crippen molar-refractivity contribution >= 4 is 5.78 Å². The van der Waals surface area contributed by atoms with Gasteiger partial charge in [0.15, 0.2) is 5.79 Å². The summed E-state index contributed by atoms with van der Waals surface area (Å²) in [5.41, 5.74) is 0.704. The lowest BCUT2D eigenvalue weighted by atomic mass is 9.42. The normalized spacial score (nSPS) is 59.0. The Morgan fingerprint density at radius 3 is 2.65 bits per heavy atom. The second kappa shape index (κ2) is 6.90. The minimum Gasteiger partial charge on any atom is -0.349 e. The molecule has 7 rings (SSSR count). The molecule has 11 atom stereocenters. The Morgan fingerprint density at radius 1 is 1.03 bits per heavy atom. The average Bonchev–Trinajstić information content (AvgIpc) is 3.41. The molecule has 7 bridgehead atoms. The van der Waals surface area contributed by atoms with Gasteiger partial charge in [-0.05, 0) is 99.7 Å². The van der Waals surface area contributed by atoms with Crippen molar-refractivity contribution in [1.29, 1.82) is 0 Å². The molecular weight excluding hydrogens is 422 g/mol. The summed E-state index contributed by atoms with van der Waals surface area (Å²) in [6.45, 7) is 13.7. The van der Waals surface area contributed by atoms with Gasteiger partial charge in [0.05, 0.1) is 18.1 Å². The zero-order chi connectivity index (χ0) is 23.7. The molecule has 0 amide bonds. The maximum atomic E-state index is 14.1. The van der Waals surface area contributed by atoms with Crippen molar-refractivity contribution in [2.75, 3.05) is 13.2 Å². The Labute approximate surface area is 206 Å². The SMILES string of the molecule is CC(C)[C@@H]1CC[C@]2(C)[C@H]3CC[C@@]45CCC[C@@H]4[C@]2(CCC(=O)[C@@]2(C)CO[C@]4(C)CC[C@H]2O4)[C@@H]1N5C3. The van der Waals surface area contributed by atoms with Gasteiger partial charge < -0.3 is 9.47 Å². The number of rotatable bonds is 5. The van der Waals surface area contributed by atoms with Crippen LogP contribution in [0.2, 0.25) is 0 Å². The molecule has 5 aliphatic heterocycles. The number of piperidine rings is 2. The fraction of sp³-hybridized carbons (Fsp3) is 0.967. The molecule has 4 nitrogen and oxygen atoms in total. The first kappa shape index (κ1) is 22.7. The van der Waals surface area contributed by atoms with Gasteiger partial charge in [0.1, 0.15) is 5.78 Å². The maximum Gasteiger partial charge on any atom is 0.166 e. The van der Waals surface area contributed by atoms with Gasteiger partial charge in [0.25, 0.3) is 0 Å². The summed E-state index contributed by atoms with van der Waals surface area (Å²) in [6.07, 6.45) is 13.6. The highest BCUT2D eigenvalue weighted by Crippen LogP contribution is 2.79. The molecule has 2 saturated carbocycles. The van der Waals surface area contributed by atoms with Crippen molar-refractivity contribution in [2.24, 2.45) is 39.9 Å². The number of ether oxygens (including phenoxy) is 2. The Bertz CT molecular complexity index is 903. The minimum atomic E-state index is -0.473. The second-order valence-electron chi connectivity index (χ2n) is 14.7. The minimum absolute atomic E-state index is 0.0372. The Hall–Kier alpha value is -0.450. The van der Waals surface area contributed by atoms with Gasteiger partial charge in [0, 0.05) is 31.0 Å². The summed E-state index contributed by atoms with van der Waals surface area (Å²) in [6, 6.07) is 0.697. The first-order valence-corrected chi connectivity index (χ1v) is 14.7. The van der Waals surface area contributed by atoms with Crippen molar-refractivity contribution < 1.29 is 14.3 Å². The molecule has 0 aromatic heterocycles. The third-order valence-corrected chi connectivity index (χ3v) is 13.4. The molecule has 1 spiro atoms. The smallest absolute Gasteiger partial charge is 0.166 e. The molecule has 0 radical (unpaired) electrons. The van der Waals surface area contributed by atoms with Crippen LogP contribution >= 0.6 is 0 Å². The highest BCUT2D eigenvalue weighted by atomic mass is 16.7. The molecule has 0 aromatic rings. The van der Waals surface area contributed by atoms with E-state index in [0.29, 0.717) is 34.8 Å². The Balaban J connectivity index is 1.26. The van der Waals surface area contributed by atoms with Crippen LogP contribution in [0.1, 0.15) is 105 Å². The van der Waals surface area contributed by atoms with E-state index < -0.39 is 11.2 Å². The molecule has 34 heavy (non-hydrogen) atoms. The van der Waals surface area contributed by atoms with Gasteiger partial charge >= 0.3 is 0 Å². The standard InChI is InChI=1S/C30H47NO3/c1-19(2)21-9-13-27(4)20-8-15-29-12-6-7-22(29)30(27,25(21)31(29)17-20)16-10-23(32)26(3)18-33-28(5)14-11-24(26)34-28/h19-22,24-25H,6-18H2,1-5H3/t20-,21-,22-,24+,25+,26+,27+,28-,29-,30+/m0/s1. The summed E-state index contributed by atoms with van der Waals surface area (Å²) < 4.78 is 12.4. The van der Waals surface area contributed by atoms with Crippen molar-refractivity contribution in [3.05, 3.63) is 0 Å². The van der Waals surface area contributed by atoms with Crippen LogP contribution in [0.5, 0.6) is 0 Å². The number of fused-ring (bicyclic) bond motifs is 4. The molecule has 7 aliphatic rings. The van der Waals surface area contributed by atoms with Gasteiger partial charge in [-0.1, -0.05) is 27.2 Å². The van der Waals surface area contributed by atoms with E-state index in [1.165, 1.54) is 51.5 Å². The zero-order valence-corrected chi connectivity index (χ0v) is 22.3. The molecule has 5 saturated heterocycles. The number of hydrogen-bond acceptors (Lipinski definition) is 4. The third kappa shape index (κ3) is 2.45. The highest BCUT2D eigenvalue weighted by molar-refractivity contribution is 5.85. The molecule has 7 fully saturated rings. The number of nitrogens with zero attached hydrogens (tertiary/aromatic N) is 1.